The zero-order valence-electron chi connectivity index (χ0n) is 14.7. The maximum absolute atomic E-state index is 2.44. The topological polar surface area (TPSA) is 0 Å². The fourth-order valence-corrected chi connectivity index (χ4v) is 4.29. The Balaban J connectivity index is 2.03. The van der Waals surface area contributed by atoms with E-state index in [2.05, 4.69) is 65.0 Å². The van der Waals surface area contributed by atoms with Crippen LogP contribution in [0, 0.1) is 19.8 Å². The molecule has 2 aliphatic carbocycles. The van der Waals surface area contributed by atoms with Gasteiger partial charge in [0.25, 0.3) is 0 Å². The molecule has 0 spiro atoms. The van der Waals surface area contributed by atoms with Gasteiger partial charge >= 0.3 is 0 Å². The molecular formula is C22H28. The first-order valence-corrected chi connectivity index (χ1v) is 8.71. The van der Waals surface area contributed by atoms with Crippen molar-refractivity contribution in [3.63, 3.8) is 0 Å². The minimum absolute atomic E-state index is 0.505. The molecule has 0 heteroatoms. The van der Waals surface area contributed by atoms with Crippen molar-refractivity contribution in [1.29, 1.82) is 0 Å². The highest BCUT2D eigenvalue weighted by Gasteiger charge is 2.32. The molecule has 0 nitrogen and oxygen atoms in total. The predicted octanol–water partition coefficient (Wildman–Crippen LogP) is 6.50. The fourth-order valence-electron chi connectivity index (χ4n) is 4.29. The Morgan fingerprint density at radius 2 is 1.82 bits per heavy atom. The molecule has 2 unspecified atom stereocenters. The van der Waals surface area contributed by atoms with Crippen LogP contribution < -0.4 is 0 Å². The quantitative estimate of drug-likeness (QED) is 0.594. The van der Waals surface area contributed by atoms with E-state index in [0.717, 1.165) is 0 Å². The van der Waals surface area contributed by atoms with Crippen molar-refractivity contribution >= 4 is 6.08 Å². The van der Waals surface area contributed by atoms with E-state index in [-0.39, 0.29) is 0 Å². The Hall–Kier alpha value is -1.56. The van der Waals surface area contributed by atoms with Gasteiger partial charge in [0.1, 0.15) is 0 Å². The Bertz CT molecular complexity index is 682. The van der Waals surface area contributed by atoms with Crippen molar-refractivity contribution in [2.45, 2.75) is 59.8 Å². The van der Waals surface area contributed by atoms with Gasteiger partial charge in [-0.25, -0.2) is 0 Å². The lowest BCUT2D eigenvalue weighted by Gasteiger charge is -2.24. The molecule has 0 saturated heterocycles. The van der Waals surface area contributed by atoms with Gasteiger partial charge in [-0.2, -0.15) is 0 Å². The average Bonchev–Trinajstić information content (AvgIpc) is 2.97. The van der Waals surface area contributed by atoms with Gasteiger partial charge in [-0.05, 0) is 62.3 Å². The molecule has 116 valence electrons. The van der Waals surface area contributed by atoms with E-state index in [1.807, 2.05) is 0 Å². The van der Waals surface area contributed by atoms with Gasteiger partial charge in [0, 0.05) is 5.92 Å². The van der Waals surface area contributed by atoms with Crippen molar-refractivity contribution < 1.29 is 0 Å². The van der Waals surface area contributed by atoms with Crippen LogP contribution in [0.15, 0.2) is 41.0 Å². The molecule has 2 aliphatic rings. The summed E-state index contributed by atoms with van der Waals surface area (Å²) in [7, 11) is 0. The number of benzene rings is 1. The Morgan fingerprint density at radius 1 is 1.05 bits per heavy atom. The summed E-state index contributed by atoms with van der Waals surface area (Å²) in [5.74, 6) is 1.14. The first kappa shape index (κ1) is 15.3. The van der Waals surface area contributed by atoms with Crippen LogP contribution in [0.2, 0.25) is 0 Å². The van der Waals surface area contributed by atoms with Gasteiger partial charge in [-0.15, -0.1) is 0 Å². The zero-order chi connectivity index (χ0) is 15.9. The second kappa shape index (κ2) is 5.91. The molecule has 0 fully saturated rings. The van der Waals surface area contributed by atoms with E-state index in [9.17, 15) is 0 Å². The van der Waals surface area contributed by atoms with Gasteiger partial charge in [-0.3, -0.25) is 0 Å². The number of hydrogen-bond acceptors (Lipinski definition) is 0. The van der Waals surface area contributed by atoms with Crippen LogP contribution in [-0.4, -0.2) is 0 Å². The van der Waals surface area contributed by atoms with Crippen LogP contribution in [0.25, 0.3) is 6.08 Å². The van der Waals surface area contributed by atoms with Crippen molar-refractivity contribution in [2.24, 2.45) is 5.92 Å². The smallest absolute Gasteiger partial charge is 0.0276 e. The van der Waals surface area contributed by atoms with E-state index in [1.165, 1.54) is 52.7 Å². The summed E-state index contributed by atoms with van der Waals surface area (Å²) in [6.07, 6.45) is 11.1. The molecule has 0 radical (unpaired) electrons. The molecule has 1 aromatic rings. The van der Waals surface area contributed by atoms with Crippen LogP contribution in [0.4, 0.5) is 0 Å². The first-order chi connectivity index (χ1) is 10.5. The predicted molar refractivity (Wildman–Crippen MR) is 97.2 cm³/mol. The summed E-state index contributed by atoms with van der Waals surface area (Å²) in [6.45, 7) is 11.4. The monoisotopic (exact) mass is 292 g/mol. The third kappa shape index (κ3) is 2.49. The van der Waals surface area contributed by atoms with Crippen LogP contribution in [0.5, 0.6) is 0 Å². The first-order valence-electron chi connectivity index (χ1n) is 8.71. The SMILES string of the molecule is CCCCC1C=CC(C)=C1C1C(C)=Cc2c(C)cc(C)cc21. The normalized spacial score (nSPS) is 23.2. The van der Waals surface area contributed by atoms with Gasteiger partial charge in [0.15, 0.2) is 0 Å². The molecule has 3 rings (SSSR count). The second-order valence-corrected chi connectivity index (χ2v) is 7.15. The van der Waals surface area contributed by atoms with Crippen LogP contribution in [-0.2, 0) is 0 Å². The largest absolute Gasteiger partial charge is 0.0770 e. The van der Waals surface area contributed by atoms with Crippen molar-refractivity contribution in [3.8, 4) is 0 Å². The highest BCUT2D eigenvalue weighted by Crippen LogP contribution is 2.48. The molecule has 0 heterocycles. The third-order valence-electron chi connectivity index (χ3n) is 5.31. The Morgan fingerprint density at radius 3 is 2.55 bits per heavy atom. The summed E-state index contributed by atoms with van der Waals surface area (Å²) in [5, 5.41) is 0. The van der Waals surface area contributed by atoms with E-state index < -0.39 is 0 Å². The van der Waals surface area contributed by atoms with Gasteiger partial charge < -0.3 is 0 Å². The molecule has 0 N–H and O–H groups in total. The summed E-state index contributed by atoms with van der Waals surface area (Å²) in [5.41, 5.74) is 10.5. The lowest BCUT2D eigenvalue weighted by molar-refractivity contribution is 0.598. The molecule has 1 aromatic carbocycles. The maximum atomic E-state index is 2.44. The third-order valence-corrected chi connectivity index (χ3v) is 5.31. The maximum Gasteiger partial charge on any atom is 0.0276 e. The average molecular weight is 292 g/mol. The number of fused-ring (bicyclic) bond motifs is 1. The van der Waals surface area contributed by atoms with E-state index in [4.69, 9.17) is 0 Å². The Labute approximate surface area is 135 Å². The molecule has 0 saturated carbocycles. The zero-order valence-corrected chi connectivity index (χ0v) is 14.7. The summed E-state index contributed by atoms with van der Waals surface area (Å²) in [4.78, 5) is 0. The van der Waals surface area contributed by atoms with Gasteiger partial charge in [0.05, 0.1) is 0 Å². The van der Waals surface area contributed by atoms with E-state index >= 15 is 0 Å². The van der Waals surface area contributed by atoms with Crippen molar-refractivity contribution in [3.05, 3.63) is 63.3 Å². The molecule has 0 amide bonds. The number of allylic oxidation sites excluding steroid dienone is 5. The molecule has 22 heavy (non-hydrogen) atoms. The molecular weight excluding hydrogens is 264 g/mol. The highest BCUT2D eigenvalue weighted by atomic mass is 14.4. The van der Waals surface area contributed by atoms with Crippen molar-refractivity contribution in [1.82, 2.24) is 0 Å². The minimum atomic E-state index is 0.505. The summed E-state index contributed by atoms with van der Waals surface area (Å²) >= 11 is 0. The van der Waals surface area contributed by atoms with Crippen molar-refractivity contribution in [2.75, 3.05) is 0 Å². The van der Waals surface area contributed by atoms with Crippen LogP contribution >= 0.6 is 0 Å². The number of unbranched alkanes of at least 4 members (excludes halogenated alkanes) is 1. The number of hydrogen-bond donors (Lipinski definition) is 0. The van der Waals surface area contributed by atoms with Gasteiger partial charge in [-0.1, -0.05) is 66.8 Å². The van der Waals surface area contributed by atoms with E-state index in [0.29, 0.717) is 11.8 Å². The lowest BCUT2D eigenvalue weighted by Crippen LogP contribution is -2.10. The molecule has 0 aliphatic heterocycles. The number of aryl methyl sites for hydroxylation is 2. The Kier molecular flexibility index (Phi) is 4.12. The number of rotatable bonds is 4. The molecule has 0 bridgehead atoms. The second-order valence-electron chi connectivity index (χ2n) is 7.15. The highest BCUT2D eigenvalue weighted by molar-refractivity contribution is 5.72. The van der Waals surface area contributed by atoms with Crippen LogP contribution in [0.1, 0.15) is 68.2 Å². The van der Waals surface area contributed by atoms with Crippen LogP contribution in [0.3, 0.4) is 0 Å². The molecule has 0 aromatic heterocycles. The van der Waals surface area contributed by atoms with E-state index in [1.54, 1.807) is 5.57 Å². The summed E-state index contributed by atoms with van der Waals surface area (Å²) in [6, 6.07) is 4.73. The molecule has 2 atom stereocenters. The standard InChI is InChI=1S/C22H28/c1-6-7-8-18-10-9-15(3)21(18)22-17(5)13-19-16(4)11-14(2)12-20(19)22/h9-13,18,22H,6-8H2,1-5H3. The van der Waals surface area contributed by atoms with Gasteiger partial charge in [0.2, 0.25) is 0 Å². The lowest BCUT2D eigenvalue weighted by atomic mass is 9.79. The summed E-state index contributed by atoms with van der Waals surface area (Å²) < 4.78 is 0. The minimum Gasteiger partial charge on any atom is -0.0770 e. The fraction of sp³-hybridized carbons (Fsp3) is 0.455.